The van der Waals surface area contributed by atoms with E-state index in [2.05, 4.69) is 12.1 Å². The van der Waals surface area contributed by atoms with Crippen LogP contribution in [0.25, 0.3) is 0 Å². The minimum Gasteiger partial charge on any atom is -0.493 e. The molecule has 0 heterocycles. The summed E-state index contributed by atoms with van der Waals surface area (Å²) < 4.78 is 11.5. The number of hydrogen-bond donors (Lipinski definition) is 1. The van der Waals surface area contributed by atoms with Crippen LogP contribution in [0.2, 0.25) is 0 Å². The topological polar surface area (TPSA) is 44.5 Å². The second-order valence-electron chi connectivity index (χ2n) is 6.05. The normalized spacial score (nSPS) is 21.4. The zero-order valence-corrected chi connectivity index (χ0v) is 11.7. The van der Waals surface area contributed by atoms with Gasteiger partial charge in [-0.25, -0.2) is 0 Å². The van der Waals surface area contributed by atoms with Crippen LogP contribution in [0.15, 0.2) is 18.2 Å². The summed E-state index contributed by atoms with van der Waals surface area (Å²) in [6.45, 7) is 0. The van der Waals surface area contributed by atoms with E-state index in [9.17, 15) is 0 Å². The molecule has 3 rings (SSSR count). The Balaban J connectivity index is 1.76. The van der Waals surface area contributed by atoms with Gasteiger partial charge in [-0.15, -0.1) is 0 Å². The quantitative estimate of drug-likeness (QED) is 0.886. The summed E-state index contributed by atoms with van der Waals surface area (Å²) in [6.07, 6.45) is 8.45. The van der Waals surface area contributed by atoms with E-state index >= 15 is 0 Å². The highest BCUT2D eigenvalue weighted by atomic mass is 16.5. The smallest absolute Gasteiger partial charge is 0.161 e. The minimum absolute atomic E-state index is 0.0409. The average Bonchev–Trinajstić information content (AvgIpc) is 2.91. The van der Waals surface area contributed by atoms with Crippen molar-refractivity contribution < 1.29 is 9.47 Å². The molecule has 0 bridgehead atoms. The summed E-state index contributed by atoms with van der Waals surface area (Å²) in [5.74, 6) is 1.72. The van der Waals surface area contributed by atoms with E-state index in [4.69, 9.17) is 15.2 Å². The first-order chi connectivity index (χ1) is 9.18. The molecule has 0 radical (unpaired) electrons. The standard InChI is InChI=1S/C16H23NO2/c1-18-14-7-6-12(11-16(17)8-9-16)10-15(14)19-13-4-2-3-5-13/h6-7,10,13H,2-5,8-9,11,17H2,1H3. The molecule has 104 valence electrons. The molecule has 0 atom stereocenters. The third kappa shape index (κ3) is 3.03. The van der Waals surface area contributed by atoms with Gasteiger partial charge in [-0.1, -0.05) is 6.07 Å². The van der Waals surface area contributed by atoms with E-state index in [1.165, 1.54) is 18.4 Å². The lowest BCUT2D eigenvalue weighted by Crippen LogP contribution is -2.24. The van der Waals surface area contributed by atoms with Crippen molar-refractivity contribution in [2.45, 2.75) is 56.6 Å². The molecule has 2 fully saturated rings. The number of hydrogen-bond acceptors (Lipinski definition) is 3. The van der Waals surface area contributed by atoms with Crippen LogP contribution in [-0.2, 0) is 6.42 Å². The number of rotatable bonds is 5. The highest BCUT2D eigenvalue weighted by molar-refractivity contribution is 5.44. The molecule has 2 aliphatic rings. The van der Waals surface area contributed by atoms with E-state index in [0.717, 1.165) is 43.6 Å². The molecule has 0 aromatic heterocycles. The fourth-order valence-electron chi connectivity index (χ4n) is 2.85. The highest BCUT2D eigenvalue weighted by Gasteiger charge is 2.38. The average molecular weight is 261 g/mol. The second-order valence-corrected chi connectivity index (χ2v) is 6.05. The number of ether oxygens (including phenoxy) is 2. The lowest BCUT2D eigenvalue weighted by atomic mass is 10.0. The summed E-state index contributed by atoms with van der Waals surface area (Å²) in [6, 6.07) is 6.22. The summed E-state index contributed by atoms with van der Waals surface area (Å²) in [5.41, 5.74) is 7.49. The first kappa shape index (κ1) is 12.8. The van der Waals surface area contributed by atoms with Gasteiger partial charge in [0.05, 0.1) is 13.2 Å². The van der Waals surface area contributed by atoms with Crippen LogP contribution in [0.1, 0.15) is 44.1 Å². The Morgan fingerprint density at radius 1 is 1.21 bits per heavy atom. The molecule has 3 nitrogen and oxygen atoms in total. The van der Waals surface area contributed by atoms with Gasteiger partial charge in [-0.2, -0.15) is 0 Å². The Labute approximate surface area is 115 Å². The van der Waals surface area contributed by atoms with E-state index in [1.807, 2.05) is 6.07 Å². The largest absolute Gasteiger partial charge is 0.493 e. The van der Waals surface area contributed by atoms with Crippen LogP contribution in [0, 0.1) is 0 Å². The predicted octanol–water partition coefficient (Wildman–Crippen LogP) is 3.05. The summed E-state index contributed by atoms with van der Waals surface area (Å²) in [7, 11) is 1.70. The molecule has 0 spiro atoms. The van der Waals surface area contributed by atoms with Crippen LogP contribution in [-0.4, -0.2) is 18.8 Å². The van der Waals surface area contributed by atoms with Gasteiger partial charge in [0.15, 0.2) is 11.5 Å². The van der Waals surface area contributed by atoms with E-state index in [1.54, 1.807) is 7.11 Å². The van der Waals surface area contributed by atoms with Gasteiger partial charge < -0.3 is 15.2 Å². The van der Waals surface area contributed by atoms with Crippen molar-refractivity contribution >= 4 is 0 Å². The molecule has 19 heavy (non-hydrogen) atoms. The van der Waals surface area contributed by atoms with Crippen molar-refractivity contribution in [2.75, 3.05) is 7.11 Å². The van der Waals surface area contributed by atoms with Gasteiger partial charge in [-0.3, -0.25) is 0 Å². The SMILES string of the molecule is COc1ccc(CC2(N)CC2)cc1OC1CCCC1. The third-order valence-electron chi connectivity index (χ3n) is 4.27. The van der Waals surface area contributed by atoms with Crippen molar-refractivity contribution in [3.63, 3.8) is 0 Å². The summed E-state index contributed by atoms with van der Waals surface area (Å²) in [5, 5.41) is 0. The first-order valence-electron chi connectivity index (χ1n) is 7.31. The second kappa shape index (κ2) is 5.04. The fourth-order valence-corrected chi connectivity index (χ4v) is 2.85. The summed E-state index contributed by atoms with van der Waals surface area (Å²) >= 11 is 0. The van der Waals surface area contributed by atoms with Crippen molar-refractivity contribution in [1.82, 2.24) is 0 Å². The Morgan fingerprint density at radius 2 is 1.95 bits per heavy atom. The maximum Gasteiger partial charge on any atom is 0.161 e. The fraction of sp³-hybridized carbons (Fsp3) is 0.625. The molecule has 1 aromatic rings. The zero-order chi connectivity index (χ0) is 13.3. The molecule has 2 aliphatic carbocycles. The number of nitrogens with two attached hydrogens (primary N) is 1. The molecule has 0 amide bonds. The van der Waals surface area contributed by atoms with Gasteiger partial charge >= 0.3 is 0 Å². The zero-order valence-electron chi connectivity index (χ0n) is 11.7. The maximum absolute atomic E-state index is 6.19. The maximum atomic E-state index is 6.19. The Morgan fingerprint density at radius 3 is 2.58 bits per heavy atom. The van der Waals surface area contributed by atoms with Crippen molar-refractivity contribution in [2.24, 2.45) is 5.73 Å². The molecule has 0 aliphatic heterocycles. The molecule has 0 unspecified atom stereocenters. The third-order valence-corrected chi connectivity index (χ3v) is 4.27. The van der Waals surface area contributed by atoms with Gasteiger partial charge in [-0.05, 0) is 62.6 Å². The van der Waals surface area contributed by atoms with Gasteiger partial charge in [0.1, 0.15) is 0 Å². The van der Waals surface area contributed by atoms with Crippen molar-refractivity contribution in [3.05, 3.63) is 23.8 Å². The number of methoxy groups -OCH3 is 1. The minimum atomic E-state index is 0.0409. The van der Waals surface area contributed by atoms with Gasteiger partial charge in [0.25, 0.3) is 0 Å². The monoisotopic (exact) mass is 261 g/mol. The number of benzene rings is 1. The van der Waals surface area contributed by atoms with Crippen molar-refractivity contribution in [1.29, 1.82) is 0 Å². The molecule has 1 aromatic carbocycles. The molecule has 3 heteroatoms. The molecule has 0 saturated heterocycles. The van der Waals surface area contributed by atoms with Crippen molar-refractivity contribution in [3.8, 4) is 11.5 Å². The van der Waals surface area contributed by atoms with Crippen LogP contribution >= 0.6 is 0 Å². The predicted molar refractivity (Wildman–Crippen MR) is 75.7 cm³/mol. The Kier molecular flexibility index (Phi) is 3.40. The lowest BCUT2D eigenvalue weighted by molar-refractivity contribution is 0.200. The van der Waals surface area contributed by atoms with Gasteiger partial charge in [0.2, 0.25) is 0 Å². The van der Waals surface area contributed by atoms with Crippen LogP contribution < -0.4 is 15.2 Å². The Bertz CT molecular complexity index is 448. The first-order valence-corrected chi connectivity index (χ1v) is 7.31. The van der Waals surface area contributed by atoms with Gasteiger partial charge in [0, 0.05) is 5.54 Å². The van der Waals surface area contributed by atoms with Crippen LogP contribution in [0.5, 0.6) is 11.5 Å². The van der Waals surface area contributed by atoms with E-state index < -0.39 is 0 Å². The molecule has 2 saturated carbocycles. The Hall–Kier alpha value is -1.22. The highest BCUT2D eigenvalue weighted by Crippen LogP contribution is 2.38. The van der Waals surface area contributed by atoms with Crippen LogP contribution in [0.4, 0.5) is 0 Å². The summed E-state index contributed by atoms with van der Waals surface area (Å²) in [4.78, 5) is 0. The molecular formula is C16H23NO2. The van der Waals surface area contributed by atoms with E-state index in [0.29, 0.717) is 6.10 Å². The van der Waals surface area contributed by atoms with Crippen LogP contribution in [0.3, 0.4) is 0 Å². The molecule has 2 N–H and O–H groups in total. The lowest BCUT2D eigenvalue weighted by Gasteiger charge is -2.17. The molecular weight excluding hydrogens is 238 g/mol. The van der Waals surface area contributed by atoms with E-state index in [-0.39, 0.29) is 5.54 Å².